The first kappa shape index (κ1) is 24.2. The summed E-state index contributed by atoms with van der Waals surface area (Å²) < 4.78 is 22.0. The minimum Gasteiger partial charge on any atom is -0.457 e. The molecule has 0 amide bonds. The molecule has 2 aromatic rings. The molecule has 0 aliphatic heterocycles. The van der Waals surface area contributed by atoms with Crippen LogP contribution in [-0.4, -0.2) is 60.6 Å². The third-order valence-electron chi connectivity index (χ3n) is 5.00. The summed E-state index contributed by atoms with van der Waals surface area (Å²) in [6.07, 6.45) is -3.07. The van der Waals surface area contributed by atoms with Crippen LogP contribution in [0.3, 0.4) is 0 Å². The third kappa shape index (κ3) is 6.27. The van der Waals surface area contributed by atoms with Crippen LogP contribution in [0.1, 0.15) is 34.6 Å². The zero-order valence-corrected chi connectivity index (χ0v) is 18.4. The number of hydrogen-bond donors (Lipinski definition) is 1. The molecule has 0 heterocycles. The molecular formula is C25H26O8. The molecule has 0 aromatic heterocycles. The second kappa shape index (κ2) is 11.4. The molecule has 8 heteroatoms. The first-order valence-corrected chi connectivity index (χ1v) is 10.6. The van der Waals surface area contributed by atoms with E-state index in [1.807, 2.05) is 0 Å². The molecule has 1 aliphatic rings. The van der Waals surface area contributed by atoms with Gasteiger partial charge in [0.25, 0.3) is 0 Å². The molecule has 4 atom stereocenters. The Bertz CT molecular complexity index is 986. The molecule has 2 aromatic carbocycles. The predicted molar refractivity (Wildman–Crippen MR) is 117 cm³/mol. The lowest BCUT2D eigenvalue weighted by atomic mass is 9.89. The quantitative estimate of drug-likeness (QED) is 0.369. The highest BCUT2D eigenvalue weighted by Crippen LogP contribution is 2.29. The first-order valence-electron chi connectivity index (χ1n) is 10.6. The highest BCUT2D eigenvalue weighted by molar-refractivity contribution is 5.90. The van der Waals surface area contributed by atoms with Crippen molar-refractivity contribution in [2.24, 2.45) is 0 Å². The SMILES string of the molecule is CCO[C@@H]1C=C(COC(=O)c2ccccc2)[C@H](OC(C)=O)[C@@H](OC(=O)c2ccccc2)[C@H]1O. The summed E-state index contributed by atoms with van der Waals surface area (Å²) in [6, 6.07) is 16.6. The van der Waals surface area contributed by atoms with E-state index in [-0.39, 0.29) is 18.8 Å². The summed E-state index contributed by atoms with van der Waals surface area (Å²) in [5.41, 5.74) is 0.960. The Balaban J connectivity index is 1.86. The molecule has 0 fully saturated rings. The van der Waals surface area contributed by atoms with Gasteiger partial charge in [-0.1, -0.05) is 36.4 Å². The fraction of sp³-hybridized carbons (Fsp3) is 0.320. The maximum atomic E-state index is 12.7. The summed E-state index contributed by atoms with van der Waals surface area (Å²) in [5.74, 6) is -1.92. The zero-order chi connectivity index (χ0) is 23.8. The van der Waals surface area contributed by atoms with E-state index in [1.54, 1.807) is 67.6 Å². The standard InChI is InChI=1S/C25H26O8/c1-3-30-20-14-19(15-31-24(28)17-10-6-4-7-11-17)22(32-16(2)26)23(21(20)27)33-25(29)18-12-8-5-9-13-18/h4-14,20-23,27H,3,15H2,1-2H3/t20-,21+,22+,23+/m1/s1. The van der Waals surface area contributed by atoms with Crippen LogP contribution in [0, 0.1) is 0 Å². The van der Waals surface area contributed by atoms with E-state index in [1.165, 1.54) is 13.0 Å². The number of carbonyl (C=O) groups excluding carboxylic acids is 3. The van der Waals surface area contributed by atoms with Crippen molar-refractivity contribution in [1.82, 2.24) is 0 Å². The van der Waals surface area contributed by atoms with E-state index < -0.39 is 42.3 Å². The number of rotatable bonds is 8. The Morgan fingerprint density at radius 2 is 1.45 bits per heavy atom. The average Bonchev–Trinajstić information content (AvgIpc) is 2.82. The number of ether oxygens (including phenoxy) is 4. The van der Waals surface area contributed by atoms with Gasteiger partial charge in [-0.15, -0.1) is 0 Å². The highest BCUT2D eigenvalue weighted by Gasteiger charge is 2.45. The van der Waals surface area contributed by atoms with Gasteiger partial charge < -0.3 is 24.1 Å². The van der Waals surface area contributed by atoms with Gasteiger partial charge in [-0.05, 0) is 37.3 Å². The van der Waals surface area contributed by atoms with Crippen LogP contribution >= 0.6 is 0 Å². The Hall–Kier alpha value is -3.49. The normalized spacial score (nSPS) is 22.1. The fourth-order valence-electron chi connectivity index (χ4n) is 3.48. The maximum Gasteiger partial charge on any atom is 0.338 e. The number of hydrogen-bond acceptors (Lipinski definition) is 8. The van der Waals surface area contributed by atoms with Crippen molar-refractivity contribution >= 4 is 17.9 Å². The Labute approximate surface area is 191 Å². The molecule has 8 nitrogen and oxygen atoms in total. The largest absolute Gasteiger partial charge is 0.457 e. The summed E-state index contributed by atoms with van der Waals surface area (Å²) in [4.78, 5) is 36.9. The van der Waals surface area contributed by atoms with Gasteiger partial charge >= 0.3 is 17.9 Å². The summed E-state index contributed by atoms with van der Waals surface area (Å²) in [6.45, 7) is 2.97. The van der Waals surface area contributed by atoms with Crippen LogP contribution < -0.4 is 0 Å². The second-order valence-electron chi connectivity index (χ2n) is 7.36. The minimum absolute atomic E-state index is 0.249. The Kier molecular flexibility index (Phi) is 8.34. The van der Waals surface area contributed by atoms with Crippen molar-refractivity contribution in [2.75, 3.05) is 13.2 Å². The van der Waals surface area contributed by atoms with Crippen molar-refractivity contribution in [3.63, 3.8) is 0 Å². The second-order valence-corrected chi connectivity index (χ2v) is 7.36. The van der Waals surface area contributed by atoms with Crippen molar-refractivity contribution in [2.45, 2.75) is 38.3 Å². The molecule has 0 bridgehead atoms. The smallest absolute Gasteiger partial charge is 0.338 e. The zero-order valence-electron chi connectivity index (χ0n) is 18.4. The number of benzene rings is 2. The molecule has 3 rings (SSSR count). The van der Waals surface area contributed by atoms with Crippen LogP contribution in [0.4, 0.5) is 0 Å². The molecule has 33 heavy (non-hydrogen) atoms. The van der Waals surface area contributed by atoms with Gasteiger partial charge in [0.15, 0.2) is 12.2 Å². The number of aliphatic hydroxyl groups excluding tert-OH is 1. The van der Waals surface area contributed by atoms with E-state index in [0.717, 1.165) is 0 Å². The molecule has 0 unspecified atom stereocenters. The molecule has 1 aliphatic carbocycles. The number of carbonyl (C=O) groups is 3. The van der Waals surface area contributed by atoms with Crippen LogP contribution in [0.25, 0.3) is 0 Å². The molecule has 0 saturated heterocycles. The van der Waals surface area contributed by atoms with Crippen molar-refractivity contribution in [3.05, 3.63) is 83.4 Å². The van der Waals surface area contributed by atoms with E-state index in [9.17, 15) is 19.5 Å². The lowest BCUT2D eigenvalue weighted by Crippen LogP contribution is -2.53. The molecular weight excluding hydrogens is 428 g/mol. The molecule has 0 saturated carbocycles. The summed E-state index contributed by atoms with van der Waals surface area (Å²) in [5, 5.41) is 10.9. The highest BCUT2D eigenvalue weighted by atomic mass is 16.6. The average molecular weight is 454 g/mol. The van der Waals surface area contributed by atoms with Crippen molar-refractivity contribution in [1.29, 1.82) is 0 Å². The van der Waals surface area contributed by atoms with Crippen molar-refractivity contribution in [3.8, 4) is 0 Å². The Morgan fingerprint density at radius 3 is 2.00 bits per heavy atom. The topological polar surface area (TPSA) is 108 Å². The minimum atomic E-state index is -1.31. The molecule has 0 spiro atoms. The number of esters is 3. The molecule has 1 N–H and O–H groups in total. The monoisotopic (exact) mass is 454 g/mol. The van der Waals surface area contributed by atoms with Gasteiger partial charge in [0.2, 0.25) is 0 Å². The van der Waals surface area contributed by atoms with Crippen LogP contribution in [0.15, 0.2) is 72.3 Å². The van der Waals surface area contributed by atoms with Gasteiger partial charge in [0, 0.05) is 19.1 Å². The first-order chi connectivity index (χ1) is 15.9. The summed E-state index contributed by atoms with van der Waals surface area (Å²) in [7, 11) is 0. The van der Waals surface area contributed by atoms with Gasteiger partial charge in [-0.3, -0.25) is 4.79 Å². The van der Waals surface area contributed by atoms with Gasteiger partial charge in [0.1, 0.15) is 18.8 Å². The molecule has 0 radical (unpaired) electrons. The van der Waals surface area contributed by atoms with Gasteiger partial charge in [-0.2, -0.15) is 0 Å². The number of aliphatic hydroxyl groups is 1. The maximum absolute atomic E-state index is 12.7. The van der Waals surface area contributed by atoms with Crippen molar-refractivity contribution < 1.29 is 38.4 Å². The lowest BCUT2D eigenvalue weighted by Gasteiger charge is -2.38. The van der Waals surface area contributed by atoms with Crippen LogP contribution in [0.2, 0.25) is 0 Å². The fourth-order valence-corrected chi connectivity index (χ4v) is 3.48. The van der Waals surface area contributed by atoms with Crippen LogP contribution in [-0.2, 0) is 23.7 Å². The van der Waals surface area contributed by atoms with E-state index in [4.69, 9.17) is 18.9 Å². The van der Waals surface area contributed by atoms with E-state index in [2.05, 4.69) is 0 Å². The van der Waals surface area contributed by atoms with Gasteiger partial charge in [-0.25, -0.2) is 9.59 Å². The third-order valence-corrected chi connectivity index (χ3v) is 5.00. The van der Waals surface area contributed by atoms with E-state index in [0.29, 0.717) is 11.1 Å². The summed E-state index contributed by atoms with van der Waals surface area (Å²) >= 11 is 0. The predicted octanol–water partition coefficient (Wildman–Crippen LogP) is 2.71. The van der Waals surface area contributed by atoms with Gasteiger partial charge in [0.05, 0.1) is 11.1 Å². The van der Waals surface area contributed by atoms with E-state index >= 15 is 0 Å². The van der Waals surface area contributed by atoms with Crippen LogP contribution in [0.5, 0.6) is 0 Å². The Morgan fingerprint density at radius 1 is 0.879 bits per heavy atom. The molecule has 174 valence electrons. The lowest BCUT2D eigenvalue weighted by molar-refractivity contribution is -0.162.